The van der Waals surface area contributed by atoms with E-state index in [0.717, 1.165) is 6.61 Å². The minimum Gasteiger partial charge on any atom is -0.394 e. The summed E-state index contributed by atoms with van der Waals surface area (Å²) in [5.74, 6) is 0.866. The minimum atomic E-state index is -1.00. The van der Waals surface area contributed by atoms with Crippen molar-refractivity contribution in [2.45, 2.75) is 24.4 Å². The fraction of sp³-hybridized carbons (Fsp3) is 1.00. The van der Waals surface area contributed by atoms with E-state index in [2.05, 4.69) is 14.8 Å². The summed E-state index contributed by atoms with van der Waals surface area (Å²) >= 11 is 10.6. The molecule has 0 amide bonds. The van der Waals surface area contributed by atoms with Crippen molar-refractivity contribution >= 4 is 23.2 Å². The second kappa shape index (κ2) is 75.8. The Morgan fingerprint density at radius 2 is 1.00 bits per heavy atom. The Morgan fingerprint density at radius 3 is 1.27 bits per heavy atom. The van der Waals surface area contributed by atoms with Crippen LogP contribution in [-0.2, 0) is 56.8 Å². The largest absolute Gasteiger partial charge is 1.00 e. The third-order valence-electron chi connectivity index (χ3n) is 5.39. The van der Waals surface area contributed by atoms with Crippen molar-refractivity contribution in [3.05, 3.63) is 26.4 Å². The number of alkyl halides is 3. The zero-order chi connectivity index (χ0) is 46.6. The molecule has 1 saturated heterocycles. The maximum atomic E-state index is 9.96. The summed E-state index contributed by atoms with van der Waals surface area (Å²) in [7, 11) is 5.46. The van der Waals surface area contributed by atoms with Gasteiger partial charge in [-0.25, -0.2) is 0 Å². The van der Waals surface area contributed by atoms with Crippen LogP contribution in [0.2, 0.25) is 0 Å². The third-order valence-corrected chi connectivity index (χ3v) is 6.09. The maximum Gasteiger partial charge on any atom is 1.00 e. The molecule has 0 aromatic rings. The number of hydrogen-bond acceptors (Lipinski definition) is 18. The molecule has 1 fully saturated rings. The van der Waals surface area contributed by atoms with Crippen LogP contribution >= 0.6 is 23.2 Å². The van der Waals surface area contributed by atoms with E-state index in [-0.39, 0.29) is 75.0 Å². The Kier molecular flexibility index (Phi) is 89.8. The molecule has 0 bridgehead atoms. The van der Waals surface area contributed by atoms with Crippen LogP contribution in [0.25, 0.3) is 26.4 Å². The van der Waals surface area contributed by atoms with Crippen LogP contribution in [-0.4, -0.2) is 237 Å². The molecule has 0 aromatic heterocycles. The number of hydrogen-bond donors (Lipinski definition) is 5. The first-order valence-electron chi connectivity index (χ1n) is 18.7. The van der Waals surface area contributed by atoms with Crippen LogP contribution in [0.1, 0.15) is 1.37 Å². The van der Waals surface area contributed by atoms with E-state index < -0.39 is 25.5 Å². The number of halogens is 3. The number of aliphatic hydroxyl groups is 4. The summed E-state index contributed by atoms with van der Waals surface area (Å²) in [5.41, 5.74) is 26.7. The van der Waals surface area contributed by atoms with Crippen molar-refractivity contribution < 1.29 is 113 Å². The van der Waals surface area contributed by atoms with Gasteiger partial charge in [-0.1, -0.05) is 5.11 Å². The fourth-order valence-electron chi connectivity index (χ4n) is 2.51. The maximum absolute atomic E-state index is 9.96. The number of nitrogens with two attached hydrogens (primary N) is 1. The van der Waals surface area contributed by atoms with Gasteiger partial charge in [0.15, 0.2) is 0 Å². The molecule has 1 rings (SSSR count). The molecule has 0 saturated carbocycles. The summed E-state index contributed by atoms with van der Waals surface area (Å²) in [5, 5.41) is 38.6. The van der Waals surface area contributed by atoms with Gasteiger partial charge in [0.1, 0.15) is 0 Å². The molecule has 1 aliphatic heterocycles. The predicted octanol–water partition coefficient (Wildman–Crippen LogP) is -1.69. The molecule has 0 radical (unpaired) electrons. The Morgan fingerprint density at radius 1 is 0.683 bits per heavy atom. The Labute approximate surface area is 388 Å². The van der Waals surface area contributed by atoms with E-state index in [4.69, 9.17) is 114 Å². The first-order chi connectivity index (χ1) is 29.1. The predicted molar refractivity (Wildman–Crippen MR) is 220 cm³/mol. The number of nitrogens with zero attached hydrogens (tertiary/aromatic N) is 6. The second-order valence-corrected chi connectivity index (χ2v) is 11.0. The third kappa shape index (κ3) is 92.7. The van der Waals surface area contributed by atoms with Gasteiger partial charge in [-0.3, -0.25) is 9.30 Å². The van der Waals surface area contributed by atoms with Gasteiger partial charge in [-0.2, -0.15) is 0 Å². The molecule has 0 spiro atoms. The molecule has 60 heavy (non-hydrogen) atoms. The Hall–Kier alpha value is -0.550. The fourth-order valence-corrected chi connectivity index (χ4v) is 2.77. The monoisotopic (exact) mass is 936 g/mol. The van der Waals surface area contributed by atoms with Gasteiger partial charge in [0.05, 0.1) is 183 Å². The molecular formula is C33H73Cl2FN7NaO16. The Bertz CT molecular complexity index is 809. The van der Waals surface area contributed by atoms with Crippen LogP contribution in [0.3, 0.4) is 0 Å². The van der Waals surface area contributed by atoms with Crippen molar-refractivity contribution in [1.29, 1.82) is 0 Å². The molecule has 6 N–H and O–H groups in total. The Balaban J connectivity index is -0.000000118. The number of rotatable bonds is 34. The zero-order valence-corrected chi connectivity index (χ0v) is 39.6. The standard InChI is InChI=1S/C8H17ClO4.C8H17N3O4.C8H19NO4.C5H12O3.C3H5ClO.CH3F.N3.Na/c1-11-2-3-12-4-5-13-7-8(10)6-9;1-13-2-3-14-4-5-15-7-8(12)6-10-11-9;1-11-2-3-12-4-5-13-7-8(10)6-9;1-7-4-5-8-3-2-6;4-1-3-2-5-3;1-2;1-3-2;/h8,10H,2-7H2,1H3;8,12H,2-7H2,1H3;8,10H,2-7,9H2,1H3;6H,2-5H2,1H3;3H,1-2H2;1H3;;/q;;;;;;-1;+1/i;;;;;1D;;. The van der Waals surface area contributed by atoms with Crippen molar-refractivity contribution in [2.75, 3.05) is 193 Å². The molecule has 4 atom stereocenters. The van der Waals surface area contributed by atoms with Gasteiger partial charge < -0.3 is 94.1 Å². The van der Waals surface area contributed by atoms with Gasteiger partial charge in [0.25, 0.3) is 0 Å². The quantitative estimate of drug-likeness (QED) is 0.00914. The van der Waals surface area contributed by atoms with E-state index in [1.807, 2.05) is 0 Å². The van der Waals surface area contributed by atoms with Gasteiger partial charge in [0.2, 0.25) is 0 Å². The van der Waals surface area contributed by atoms with E-state index in [0.29, 0.717) is 111 Å². The van der Waals surface area contributed by atoms with E-state index >= 15 is 0 Å². The molecule has 1 aliphatic rings. The minimum absolute atomic E-state index is 0. The SMILES string of the molecule is COCCOCCO.COCCOCCOCC(O)CCl.COCCOCCOCC(O)CN.COCCOCCOCC(O)CN=[N+]=[N-].ClCC1CO1.[2H]CF.[N-]=[N+]=[N-].[Na+]. The van der Waals surface area contributed by atoms with Crippen molar-refractivity contribution in [1.82, 2.24) is 0 Å². The number of ether oxygens (including phenoxy) is 12. The smallest absolute Gasteiger partial charge is 0.394 e. The van der Waals surface area contributed by atoms with E-state index in [9.17, 15) is 9.50 Å². The number of epoxide rings is 1. The van der Waals surface area contributed by atoms with Gasteiger partial charge in [0, 0.05) is 39.9 Å². The molecule has 0 aromatic carbocycles. The summed E-state index contributed by atoms with van der Waals surface area (Å²) < 4.78 is 74.7. The summed E-state index contributed by atoms with van der Waals surface area (Å²) in [6, 6.07) is 0. The van der Waals surface area contributed by atoms with Crippen LogP contribution in [0.5, 0.6) is 0 Å². The summed E-state index contributed by atoms with van der Waals surface area (Å²) in [4.78, 5) is 4.02. The molecule has 0 aliphatic carbocycles. The van der Waals surface area contributed by atoms with E-state index in [1.54, 1.807) is 28.4 Å². The number of methoxy groups -OCH3 is 4. The normalized spacial score (nSPS) is 13.3. The van der Waals surface area contributed by atoms with Crippen molar-refractivity contribution in [3.63, 3.8) is 0 Å². The van der Waals surface area contributed by atoms with Crippen LogP contribution in [0.4, 0.5) is 4.39 Å². The van der Waals surface area contributed by atoms with Crippen LogP contribution < -0.4 is 35.3 Å². The molecule has 23 nitrogen and oxygen atoms in total. The van der Waals surface area contributed by atoms with E-state index in [1.165, 1.54) is 4.91 Å². The average molecular weight is 938 g/mol. The first kappa shape index (κ1) is 71.1. The number of aliphatic hydroxyl groups excluding tert-OH is 4. The van der Waals surface area contributed by atoms with Gasteiger partial charge >= 0.3 is 29.6 Å². The molecule has 1 heterocycles. The number of azide groups is 1. The molecule has 4 unspecified atom stereocenters. The van der Waals surface area contributed by atoms with Gasteiger partial charge in [-0.05, 0) is 5.53 Å². The van der Waals surface area contributed by atoms with Crippen molar-refractivity contribution in [3.8, 4) is 0 Å². The summed E-state index contributed by atoms with van der Waals surface area (Å²) in [6.07, 6.45) is -1.50. The zero-order valence-electron chi connectivity index (χ0n) is 37.1. The van der Waals surface area contributed by atoms with Crippen LogP contribution in [0.15, 0.2) is 5.11 Å². The van der Waals surface area contributed by atoms with Crippen molar-refractivity contribution in [2.24, 2.45) is 10.8 Å². The molecular weight excluding hydrogens is 863 g/mol. The van der Waals surface area contributed by atoms with Gasteiger partial charge in [-0.15, -0.1) is 23.2 Å². The average Bonchev–Trinajstić information content (AvgIpc) is 4.10. The topological polar surface area (TPSA) is 328 Å². The van der Waals surface area contributed by atoms with Crippen LogP contribution in [0, 0.1) is 0 Å². The molecule has 358 valence electrons. The summed E-state index contributed by atoms with van der Waals surface area (Å²) in [6.45, 7) is 9.69. The molecule has 27 heteroatoms. The second-order valence-electron chi connectivity index (χ2n) is 10.3. The first-order valence-corrected chi connectivity index (χ1v) is 19.1.